The van der Waals surface area contributed by atoms with E-state index >= 15 is 0 Å². The zero-order chi connectivity index (χ0) is 62.5. The summed E-state index contributed by atoms with van der Waals surface area (Å²) in [5.74, 6) is 3.11. The van der Waals surface area contributed by atoms with Gasteiger partial charge in [-0.3, -0.25) is 0 Å². The topological polar surface area (TPSA) is 58.9 Å². The first kappa shape index (κ1) is 57.5. The minimum absolute atomic E-state index is 0. The van der Waals surface area contributed by atoms with Gasteiger partial charge < -0.3 is 19.5 Å². The number of halogens is 1. The van der Waals surface area contributed by atoms with E-state index in [1.165, 1.54) is 119 Å². The van der Waals surface area contributed by atoms with Gasteiger partial charge >= 0.3 is 7.12 Å². The summed E-state index contributed by atoms with van der Waals surface area (Å²) < 4.78 is 14.0. The molecule has 18 aromatic carbocycles. The van der Waals surface area contributed by atoms with Crippen molar-refractivity contribution in [3.63, 3.8) is 0 Å². The van der Waals surface area contributed by atoms with Crippen LogP contribution in [-0.4, -0.2) is 17.2 Å². The molecular formula is C89H68BBrO4. The van der Waals surface area contributed by atoms with Crippen LogP contribution in [-0.2, 0) is 0 Å². The third-order valence-corrected chi connectivity index (χ3v) is 19.6. The number of para-hydroxylation sites is 2. The average Bonchev–Trinajstić information content (AvgIpc) is 0.733. The molecule has 0 saturated carbocycles. The number of rotatable bonds is 4. The molecule has 2 heterocycles. The van der Waals surface area contributed by atoms with Gasteiger partial charge in [-0.05, 0) is 190 Å². The smallest absolute Gasteiger partial charge is 0.456 e. The molecule has 0 amide bonds. The second-order valence-corrected chi connectivity index (χ2v) is 25.5. The predicted octanol–water partition coefficient (Wildman–Crippen LogP) is 25.4. The maximum atomic E-state index is 9.67. The Hall–Kier alpha value is -11.4. The summed E-state index contributed by atoms with van der Waals surface area (Å²) >= 11 is 3.54. The van der Waals surface area contributed by atoms with Crippen LogP contribution in [0.15, 0.2) is 320 Å². The van der Waals surface area contributed by atoms with Gasteiger partial charge in [0.25, 0.3) is 0 Å². The van der Waals surface area contributed by atoms with Gasteiger partial charge in [0.15, 0.2) is 0 Å². The largest absolute Gasteiger partial charge is 0.492 e. The lowest BCUT2D eigenvalue weighted by molar-refractivity contribution is 0.421. The Balaban J connectivity index is 0.000000148. The fourth-order valence-electron chi connectivity index (χ4n) is 14.6. The van der Waals surface area contributed by atoms with E-state index < -0.39 is 7.12 Å². The molecule has 0 atom stereocenters. The maximum absolute atomic E-state index is 9.67. The van der Waals surface area contributed by atoms with Gasteiger partial charge in [0.1, 0.15) is 23.0 Å². The lowest BCUT2D eigenvalue weighted by Gasteiger charge is -2.24. The van der Waals surface area contributed by atoms with E-state index in [-0.39, 0.29) is 14.6 Å². The van der Waals surface area contributed by atoms with Gasteiger partial charge in [-0.1, -0.05) is 284 Å². The highest BCUT2D eigenvalue weighted by Gasteiger charge is 2.28. The molecule has 20 rings (SSSR count). The van der Waals surface area contributed by atoms with Crippen molar-refractivity contribution in [1.82, 2.24) is 0 Å². The second kappa shape index (κ2) is 23.3. The predicted molar refractivity (Wildman–Crippen MR) is 417 cm³/mol. The molecule has 0 radical (unpaired) electrons. The van der Waals surface area contributed by atoms with Crippen molar-refractivity contribution >= 4 is 136 Å². The number of hydrogen-bond acceptors (Lipinski definition) is 4. The molecule has 0 spiro atoms. The first-order valence-electron chi connectivity index (χ1n) is 31.8. The second-order valence-electron chi connectivity index (χ2n) is 24.6. The first-order chi connectivity index (χ1) is 46.3. The molecule has 6 heteroatoms. The quantitative estimate of drug-likeness (QED) is 0.136. The highest BCUT2D eigenvalue weighted by Crippen LogP contribution is 2.53. The fraction of sp³-hybridized carbons (Fsp3) is 0.0112. The van der Waals surface area contributed by atoms with Crippen molar-refractivity contribution in [3.8, 4) is 78.6 Å². The lowest BCUT2D eigenvalue weighted by Crippen LogP contribution is -2.31. The Bertz CT molecular complexity index is 6220. The van der Waals surface area contributed by atoms with Crippen molar-refractivity contribution in [3.05, 3.63) is 320 Å². The van der Waals surface area contributed by atoms with Gasteiger partial charge in [-0.2, -0.15) is 0 Å². The van der Waals surface area contributed by atoms with Crippen LogP contribution >= 0.6 is 15.9 Å². The third kappa shape index (κ3) is 9.93. The molecule has 0 unspecified atom stereocenters. The normalized spacial score (nSPS) is 11.8. The van der Waals surface area contributed by atoms with Gasteiger partial charge in [0.2, 0.25) is 0 Å². The highest BCUT2D eigenvalue weighted by atomic mass is 79.9. The maximum Gasteiger partial charge on any atom is 0.492 e. The molecular weight excluding hydrogens is 1220 g/mol. The minimum Gasteiger partial charge on any atom is -0.456 e. The minimum atomic E-state index is -1.57. The van der Waals surface area contributed by atoms with Crippen molar-refractivity contribution in [1.29, 1.82) is 0 Å². The van der Waals surface area contributed by atoms with Crippen molar-refractivity contribution in [2.24, 2.45) is 0 Å². The van der Waals surface area contributed by atoms with E-state index in [1.54, 1.807) is 6.07 Å². The summed E-state index contributed by atoms with van der Waals surface area (Å²) in [6, 6.07) is 112. The van der Waals surface area contributed by atoms with Crippen molar-refractivity contribution in [2.45, 2.75) is 7.43 Å². The summed E-state index contributed by atoms with van der Waals surface area (Å²) in [5.41, 5.74) is 11.9. The van der Waals surface area contributed by atoms with Crippen LogP contribution in [0.4, 0.5) is 0 Å². The van der Waals surface area contributed by atoms with Crippen LogP contribution in [0.25, 0.3) is 163 Å². The Morgan fingerprint density at radius 1 is 0.253 bits per heavy atom. The molecule has 0 aliphatic carbocycles. The number of benzene rings is 18. The van der Waals surface area contributed by atoms with Crippen LogP contribution in [0, 0.1) is 0 Å². The molecule has 2 N–H and O–H groups in total. The Kier molecular flexibility index (Phi) is 14.1. The Labute approximate surface area is 565 Å². The molecule has 4 nitrogen and oxygen atoms in total. The fourth-order valence-corrected chi connectivity index (χ4v) is 15.0. The molecule has 0 aromatic heterocycles. The SMILES string of the molecule is Brc1ccc2cc(-c3ccc4c(ccc5ccccc54)c3)ccc2c1.C.OB(O)c1cccc2c1Oc1cc3ccccc3c3cccc-2c13.[HH].[HH].[HH].[HH].[HH].c1cc(-c2ccc3cc(-c4ccc5c(ccc6ccccc65)c4)ccc3c2)c2c(c1)-c1cccc3c1c(cc1ccccc13)O2. The molecule has 0 fully saturated rings. The Morgan fingerprint density at radius 2 is 0.579 bits per heavy atom. The summed E-state index contributed by atoms with van der Waals surface area (Å²) in [5, 5.41) is 44.0. The first-order valence-corrected chi connectivity index (χ1v) is 32.5. The molecule has 458 valence electrons. The van der Waals surface area contributed by atoms with E-state index in [1.807, 2.05) is 36.4 Å². The number of ether oxygens (including phenoxy) is 2. The Morgan fingerprint density at radius 3 is 1.11 bits per heavy atom. The number of fused-ring (bicyclic) bond motifs is 16. The summed E-state index contributed by atoms with van der Waals surface area (Å²) in [7, 11) is -1.57. The molecule has 0 saturated heterocycles. The number of hydrogen-bond donors (Lipinski definition) is 2. The van der Waals surface area contributed by atoms with Crippen LogP contribution < -0.4 is 14.9 Å². The van der Waals surface area contributed by atoms with Gasteiger partial charge in [-0.25, -0.2) is 0 Å². The molecule has 2 aliphatic rings. The summed E-state index contributed by atoms with van der Waals surface area (Å²) in [6.45, 7) is 0. The van der Waals surface area contributed by atoms with Crippen LogP contribution in [0.2, 0.25) is 0 Å². The monoisotopic (exact) mass is 1290 g/mol. The van der Waals surface area contributed by atoms with Crippen LogP contribution in [0.1, 0.15) is 14.6 Å². The summed E-state index contributed by atoms with van der Waals surface area (Å²) in [6.07, 6.45) is 0. The van der Waals surface area contributed by atoms with Gasteiger partial charge in [0, 0.05) is 44.5 Å². The lowest BCUT2D eigenvalue weighted by atomic mass is 9.77. The molecule has 95 heavy (non-hydrogen) atoms. The van der Waals surface area contributed by atoms with E-state index in [2.05, 4.69) is 289 Å². The third-order valence-electron chi connectivity index (χ3n) is 19.2. The molecule has 2 aliphatic heterocycles. The van der Waals surface area contributed by atoms with E-state index in [0.29, 0.717) is 11.2 Å². The van der Waals surface area contributed by atoms with Crippen molar-refractivity contribution < 1.29 is 26.7 Å². The standard InChI is InChI=1S/C44H26O.C24H15Br.C20H13BO3.CH4.5H2/c1-3-9-35-27(7-1)15-19-33-24-31(21-22-37(33)35)28-16-17-30-25-34(20-18-29(30)23-28)38-11-5-14-41-40-13-6-12-39-36-10-4-2-8-32(36)26-42(43(39)40)45-44(38)41;25-22-11-9-18-13-17(6-7-20(18)15-22)19-10-12-24-21(14-19)8-5-16-3-1-2-4-23(16)24;22-21(23)17-10-4-9-16-15-8-3-7-14-13-6-2-1-5-12(13)11-18(19(14)15)24-20(16)17;;;;;;/h1-26H;1-15H;1-11,22-23H;1H4;5*1H. The van der Waals surface area contributed by atoms with Crippen molar-refractivity contribution in [2.75, 3.05) is 0 Å². The molecule has 18 aromatic rings. The van der Waals surface area contributed by atoms with E-state index in [4.69, 9.17) is 9.47 Å². The zero-order valence-corrected chi connectivity index (χ0v) is 52.3. The molecule has 0 bridgehead atoms. The van der Waals surface area contributed by atoms with Crippen LogP contribution in [0.3, 0.4) is 0 Å². The summed E-state index contributed by atoms with van der Waals surface area (Å²) in [4.78, 5) is 0. The highest BCUT2D eigenvalue weighted by molar-refractivity contribution is 9.10. The van der Waals surface area contributed by atoms with Gasteiger partial charge in [0.05, 0.1) is 0 Å². The van der Waals surface area contributed by atoms with E-state index in [9.17, 15) is 10.0 Å². The average molecular weight is 1290 g/mol. The van der Waals surface area contributed by atoms with Gasteiger partial charge in [-0.15, -0.1) is 0 Å². The zero-order valence-electron chi connectivity index (χ0n) is 50.7. The van der Waals surface area contributed by atoms with E-state index in [0.717, 1.165) is 65.7 Å². The van der Waals surface area contributed by atoms with Crippen LogP contribution in [0.5, 0.6) is 23.0 Å².